The van der Waals surface area contributed by atoms with E-state index < -0.39 is 10.9 Å². The number of aromatic nitrogens is 1. The molecule has 0 unspecified atom stereocenters. The van der Waals surface area contributed by atoms with E-state index in [2.05, 4.69) is 4.98 Å². The summed E-state index contributed by atoms with van der Waals surface area (Å²) in [6.07, 6.45) is 1.47. The van der Waals surface area contributed by atoms with Gasteiger partial charge in [-0.05, 0) is 12.5 Å². The summed E-state index contributed by atoms with van der Waals surface area (Å²) in [7, 11) is 0. The second-order valence-corrected chi connectivity index (χ2v) is 3.74. The van der Waals surface area contributed by atoms with Crippen LogP contribution in [-0.4, -0.2) is 26.7 Å². The van der Waals surface area contributed by atoms with Crippen LogP contribution in [0.4, 0.5) is 5.69 Å². The van der Waals surface area contributed by atoms with Crippen LogP contribution in [-0.2, 0) is 4.79 Å². The molecule has 0 spiro atoms. The van der Waals surface area contributed by atoms with Crippen LogP contribution in [0.1, 0.15) is 5.56 Å². The van der Waals surface area contributed by atoms with Crippen LogP contribution in [0.15, 0.2) is 17.3 Å². The molecule has 0 bridgehead atoms. The van der Waals surface area contributed by atoms with E-state index in [9.17, 15) is 14.9 Å². The van der Waals surface area contributed by atoms with Gasteiger partial charge in [0.2, 0.25) is 0 Å². The van der Waals surface area contributed by atoms with Gasteiger partial charge in [0.25, 0.3) is 0 Å². The first kappa shape index (κ1) is 11.4. The largest absolute Gasteiger partial charge is 0.481 e. The predicted molar refractivity (Wildman–Crippen MR) is 54.0 cm³/mol. The van der Waals surface area contributed by atoms with Crippen molar-refractivity contribution in [2.75, 3.05) is 5.75 Å². The number of carbonyl (C=O) groups is 1. The third-order valence-corrected chi connectivity index (χ3v) is 2.48. The monoisotopic (exact) mass is 228 g/mol. The van der Waals surface area contributed by atoms with Crippen LogP contribution < -0.4 is 0 Å². The van der Waals surface area contributed by atoms with E-state index in [4.69, 9.17) is 5.11 Å². The maximum absolute atomic E-state index is 10.6. The van der Waals surface area contributed by atoms with Crippen LogP contribution in [0.2, 0.25) is 0 Å². The molecule has 1 rings (SSSR count). The molecule has 0 saturated heterocycles. The lowest BCUT2D eigenvalue weighted by molar-refractivity contribution is -0.388. The number of hydrogen-bond acceptors (Lipinski definition) is 5. The highest BCUT2D eigenvalue weighted by Gasteiger charge is 2.16. The Morgan fingerprint density at radius 2 is 2.40 bits per heavy atom. The molecule has 0 saturated carbocycles. The number of nitrogens with zero attached hydrogens (tertiary/aromatic N) is 2. The van der Waals surface area contributed by atoms with Crippen LogP contribution in [0.5, 0.6) is 0 Å². The van der Waals surface area contributed by atoms with Crippen LogP contribution >= 0.6 is 11.8 Å². The van der Waals surface area contributed by atoms with Crippen LogP contribution in [0.3, 0.4) is 0 Å². The zero-order valence-electron chi connectivity index (χ0n) is 7.84. The van der Waals surface area contributed by atoms with Crippen molar-refractivity contribution >= 4 is 23.4 Å². The first-order valence-corrected chi connectivity index (χ1v) is 4.95. The topological polar surface area (TPSA) is 93.3 Å². The zero-order valence-corrected chi connectivity index (χ0v) is 8.65. The number of pyridine rings is 1. The van der Waals surface area contributed by atoms with E-state index in [1.54, 1.807) is 6.92 Å². The SMILES string of the molecule is Cc1cnc(SCC(=O)O)c([N+](=O)[O-])c1. The van der Waals surface area contributed by atoms with Gasteiger partial charge in [-0.25, -0.2) is 4.98 Å². The molecule has 0 aromatic carbocycles. The van der Waals surface area contributed by atoms with Crippen LogP contribution in [0.25, 0.3) is 0 Å². The van der Waals surface area contributed by atoms with Crippen molar-refractivity contribution in [2.45, 2.75) is 11.9 Å². The summed E-state index contributed by atoms with van der Waals surface area (Å²) in [6, 6.07) is 1.37. The van der Waals surface area contributed by atoms with Crippen molar-refractivity contribution in [3.63, 3.8) is 0 Å². The summed E-state index contributed by atoms with van der Waals surface area (Å²) >= 11 is 0.840. The number of thioether (sulfide) groups is 1. The van der Waals surface area contributed by atoms with E-state index in [0.717, 1.165) is 11.8 Å². The van der Waals surface area contributed by atoms with Gasteiger partial charge in [-0.1, -0.05) is 11.8 Å². The number of carboxylic acids is 1. The summed E-state index contributed by atoms with van der Waals surface area (Å²) in [5.74, 6) is -1.27. The molecule has 0 aliphatic carbocycles. The molecular weight excluding hydrogens is 220 g/mol. The van der Waals surface area contributed by atoms with Gasteiger partial charge in [0.1, 0.15) is 0 Å². The quantitative estimate of drug-likeness (QED) is 0.476. The summed E-state index contributed by atoms with van der Waals surface area (Å²) in [5.41, 5.74) is 0.516. The molecule has 0 atom stereocenters. The third-order valence-electron chi connectivity index (χ3n) is 1.50. The molecule has 15 heavy (non-hydrogen) atoms. The summed E-state index contributed by atoms with van der Waals surface area (Å²) in [5, 5.41) is 19.2. The second-order valence-electron chi connectivity index (χ2n) is 2.78. The smallest absolute Gasteiger partial charge is 0.313 e. The van der Waals surface area contributed by atoms with Gasteiger partial charge in [-0.15, -0.1) is 0 Å². The molecule has 6 nitrogen and oxygen atoms in total. The van der Waals surface area contributed by atoms with Crippen LogP contribution in [0, 0.1) is 17.0 Å². The summed E-state index contributed by atoms with van der Waals surface area (Å²) < 4.78 is 0. The van der Waals surface area contributed by atoms with Gasteiger partial charge in [-0.2, -0.15) is 0 Å². The van der Waals surface area contributed by atoms with Crippen molar-refractivity contribution < 1.29 is 14.8 Å². The van der Waals surface area contributed by atoms with Gasteiger partial charge < -0.3 is 5.11 Å². The molecule has 0 aliphatic heterocycles. The number of carboxylic acid groups (broad SMARTS) is 1. The van der Waals surface area contributed by atoms with E-state index in [-0.39, 0.29) is 16.5 Å². The Morgan fingerprint density at radius 3 is 2.93 bits per heavy atom. The first-order valence-electron chi connectivity index (χ1n) is 3.96. The fraction of sp³-hybridized carbons (Fsp3) is 0.250. The lowest BCUT2D eigenvalue weighted by Gasteiger charge is -2.00. The Labute approximate surface area is 89.5 Å². The second kappa shape index (κ2) is 4.74. The summed E-state index contributed by atoms with van der Waals surface area (Å²) in [6.45, 7) is 1.69. The van der Waals surface area contributed by atoms with Gasteiger partial charge in [0.05, 0.1) is 10.7 Å². The van der Waals surface area contributed by atoms with E-state index in [1.807, 2.05) is 0 Å². The first-order chi connectivity index (χ1) is 7.00. The van der Waals surface area contributed by atoms with Crippen molar-refractivity contribution in [3.05, 3.63) is 27.9 Å². The van der Waals surface area contributed by atoms with E-state index >= 15 is 0 Å². The fourth-order valence-electron chi connectivity index (χ4n) is 0.913. The number of aliphatic carboxylic acids is 1. The molecule has 0 aliphatic rings. The minimum Gasteiger partial charge on any atom is -0.481 e. The lowest BCUT2D eigenvalue weighted by Crippen LogP contribution is -2.00. The van der Waals surface area contributed by atoms with Gasteiger partial charge in [0.15, 0.2) is 5.03 Å². The van der Waals surface area contributed by atoms with Gasteiger partial charge in [0, 0.05) is 12.3 Å². The molecule has 0 fully saturated rings. The van der Waals surface area contributed by atoms with Gasteiger partial charge in [-0.3, -0.25) is 14.9 Å². The maximum atomic E-state index is 10.6. The van der Waals surface area contributed by atoms with Gasteiger partial charge >= 0.3 is 11.7 Å². The molecule has 1 aromatic heterocycles. The Balaban J connectivity index is 2.95. The Bertz CT molecular complexity index is 408. The number of rotatable bonds is 4. The molecule has 1 N–H and O–H groups in total. The maximum Gasteiger partial charge on any atom is 0.313 e. The Kier molecular flexibility index (Phi) is 3.62. The van der Waals surface area contributed by atoms with E-state index in [0.29, 0.717) is 5.56 Å². The number of aryl methyl sites for hydroxylation is 1. The average molecular weight is 228 g/mol. The molecule has 1 aromatic rings. The normalized spacial score (nSPS) is 9.93. The van der Waals surface area contributed by atoms with E-state index in [1.165, 1.54) is 12.3 Å². The predicted octanol–water partition coefficient (Wildman–Crippen LogP) is 1.47. The lowest BCUT2D eigenvalue weighted by atomic mass is 10.3. The fourth-order valence-corrected chi connectivity index (χ4v) is 1.58. The molecule has 7 heteroatoms. The third kappa shape index (κ3) is 3.21. The number of hydrogen-bond donors (Lipinski definition) is 1. The Hall–Kier alpha value is -1.63. The molecule has 1 heterocycles. The Morgan fingerprint density at radius 1 is 1.73 bits per heavy atom. The minimum absolute atomic E-state index is 0.132. The highest BCUT2D eigenvalue weighted by Crippen LogP contribution is 2.27. The number of nitro groups is 1. The highest BCUT2D eigenvalue weighted by molar-refractivity contribution is 8.00. The van der Waals surface area contributed by atoms with Crippen molar-refractivity contribution in [1.29, 1.82) is 0 Å². The van der Waals surface area contributed by atoms with Crippen molar-refractivity contribution in [3.8, 4) is 0 Å². The molecule has 0 amide bonds. The zero-order chi connectivity index (χ0) is 11.4. The molecular formula is C8H8N2O4S. The summed E-state index contributed by atoms with van der Waals surface area (Å²) in [4.78, 5) is 24.2. The van der Waals surface area contributed by atoms with Crippen molar-refractivity contribution in [2.24, 2.45) is 0 Å². The highest BCUT2D eigenvalue weighted by atomic mass is 32.2. The van der Waals surface area contributed by atoms with Crippen molar-refractivity contribution in [1.82, 2.24) is 4.98 Å². The minimum atomic E-state index is -1.03. The molecule has 0 radical (unpaired) electrons. The molecule has 80 valence electrons. The standard InChI is InChI=1S/C8H8N2O4S/c1-5-2-6(10(13)14)8(9-3-5)15-4-7(11)12/h2-3H,4H2,1H3,(H,11,12). The average Bonchev–Trinajstić information content (AvgIpc) is 2.15.